The number of benzene rings is 2. The van der Waals surface area contributed by atoms with E-state index in [4.69, 9.17) is 9.84 Å². The first-order valence-electron chi connectivity index (χ1n) is 7.22. The molecule has 0 spiro atoms. The zero-order valence-corrected chi connectivity index (χ0v) is 13.0. The average Bonchev–Trinajstić information content (AvgIpc) is 2.50. The minimum atomic E-state index is -0.968. The van der Waals surface area contributed by atoms with E-state index >= 15 is 0 Å². The Hall–Kier alpha value is -2.49. The molecule has 4 nitrogen and oxygen atoms in total. The molecule has 22 heavy (non-hydrogen) atoms. The van der Waals surface area contributed by atoms with Gasteiger partial charge in [-0.2, -0.15) is 0 Å². The Morgan fingerprint density at radius 2 is 2.09 bits per heavy atom. The van der Waals surface area contributed by atoms with Crippen molar-refractivity contribution in [1.82, 2.24) is 0 Å². The van der Waals surface area contributed by atoms with Crippen molar-refractivity contribution in [3.8, 4) is 11.5 Å². The molecule has 0 aliphatic heterocycles. The SMILES string of the molecule is CCCc1cccc2c(/C=C(\C)C(=O)O)cc(OC)c(O)c12. The third-order valence-corrected chi connectivity index (χ3v) is 3.67. The number of aliphatic carboxylic acids is 1. The fourth-order valence-electron chi connectivity index (χ4n) is 2.58. The van der Waals surface area contributed by atoms with Crippen molar-refractivity contribution in [3.63, 3.8) is 0 Å². The second-order valence-electron chi connectivity index (χ2n) is 5.24. The van der Waals surface area contributed by atoms with Gasteiger partial charge in [-0.05, 0) is 42.0 Å². The van der Waals surface area contributed by atoms with Gasteiger partial charge in [0.2, 0.25) is 0 Å². The van der Waals surface area contributed by atoms with Crippen LogP contribution in [0.15, 0.2) is 29.8 Å². The lowest BCUT2D eigenvalue weighted by Gasteiger charge is -2.14. The largest absolute Gasteiger partial charge is 0.504 e. The van der Waals surface area contributed by atoms with E-state index in [1.165, 1.54) is 7.11 Å². The standard InChI is InChI=1S/C18H20O4/c1-4-6-12-7-5-8-14-13(9-11(2)18(20)21)10-15(22-3)17(19)16(12)14/h5,7-10,19H,4,6H2,1-3H3,(H,20,21)/b11-9+. The predicted octanol–water partition coefficient (Wildman–Crippen LogP) is 3.99. The highest BCUT2D eigenvalue weighted by Crippen LogP contribution is 2.40. The van der Waals surface area contributed by atoms with Gasteiger partial charge in [-0.1, -0.05) is 31.5 Å². The van der Waals surface area contributed by atoms with Gasteiger partial charge in [0.25, 0.3) is 0 Å². The van der Waals surface area contributed by atoms with E-state index < -0.39 is 5.97 Å². The van der Waals surface area contributed by atoms with Crippen LogP contribution in [0.1, 0.15) is 31.4 Å². The third-order valence-electron chi connectivity index (χ3n) is 3.67. The molecule has 2 aromatic rings. The average molecular weight is 300 g/mol. The summed E-state index contributed by atoms with van der Waals surface area (Å²) in [7, 11) is 1.49. The molecule has 0 fully saturated rings. The number of ether oxygens (including phenoxy) is 1. The smallest absolute Gasteiger partial charge is 0.331 e. The van der Waals surface area contributed by atoms with Gasteiger partial charge in [-0.15, -0.1) is 0 Å². The van der Waals surface area contributed by atoms with E-state index in [1.807, 2.05) is 18.2 Å². The number of fused-ring (bicyclic) bond motifs is 1. The van der Waals surface area contributed by atoms with Gasteiger partial charge < -0.3 is 14.9 Å². The van der Waals surface area contributed by atoms with Gasteiger partial charge >= 0.3 is 5.97 Å². The fourth-order valence-corrected chi connectivity index (χ4v) is 2.58. The summed E-state index contributed by atoms with van der Waals surface area (Å²) in [6.07, 6.45) is 3.39. The minimum Gasteiger partial charge on any atom is -0.504 e. The van der Waals surface area contributed by atoms with Crippen LogP contribution >= 0.6 is 0 Å². The molecule has 0 radical (unpaired) electrons. The highest BCUT2D eigenvalue weighted by molar-refractivity contribution is 6.02. The molecule has 0 aliphatic carbocycles. The molecule has 0 saturated carbocycles. The third kappa shape index (κ3) is 2.91. The first-order chi connectivity index (χ1) is 10.5. The van der Waals surface area contributed by atoms with E-state index in [0.717, 1.165) is 34.7 Å². The number of carboxylic acid groups (broad SMARTS) is 1. The van der Waals surface area contributed by atoms with Crippen molar-refractivity contribution < 1.29 is 19.7 Å². The van der Waals surface area contributed by atoms with E-state index in [-0.39, 0.29) is 11.3 Å². The molecular weight excluding hydrogens is 280 g/mol. The lowest BCUT2D eigenvalue weighted by molar-refractivity contribution is -0.132. The van der Waals surface area contributed by atoms with Crippen molar-refractivity contribution in [2.24, 2.45) is 0 Å². The topological polar surface area (TPSA) is 66.8 Å². The molecule has 0 atom stereocenters. The molecule has 116 valence electrons. The molecule has 0 heterocycles. The van der Waals surface area contributed by atoms with Gasteiger partial charge in [-0.25, -0.2) is 4.79 Å². The zero-order valence-electron chi connectivity index (χ0n) is 13.0. The Morgan fingerprint density at radius 3 is 2.68 bits per heavy atom. The van der Waals surface area contributed by atoms with Crippen molar-refractivity contribution in [2.75, 3.05) is 7.11 Å². The molecule has 0 aromatic heterocycles. The summed E-state index contributed by atoms with van der Waals surface area (Å²) in [5.41, 5.74) is 1.98. The summed E-state index contributed by atoms with van der Waals surface area (Å²) in [6.45, 7) is 3.62. The molecular formula is C18H20O4. The van der Waals surface area contributed by atoms with Crippen LogP contribution in [0.3, 0.4) is 0 Å². The highest BCUT2D eigenvalue weighted by Gasteiger charge is 2.14. The van der Waals surface area contributed by atoms with Crippen LogP contribution in [0.25, 0.3) is 16.8 Å². The van der Waals surface area contributed by atoms with Crippen LogP contribution in [-0.4, -0.2) is 23.3 Å². The normalized spacial score (nSPS) is 11.7. The van der Waals surface area contributed by atoms with E-state index in [9.17, 15) is 9.90 Å². The fraction of sp³-hybridized carbons (Fsp3) is 0.278. The number of hydrogen-bond donors (Lipinski definition) is 2. The summed E-state index contributed by atoms with van der Waals surface area (Å²) in [4.78, 5) is 11.1. The second-order valence-corrected chi connectivity index (χ2v) is 5.24. The zero-order chi connectivity index (χ0) is 16.3. The molecule has 2 rings (SSSR count). The number of phenolic OH excluding ortho intramolecular Hbond substituents is 1. The highest BCUT2D eigenvalue weighted by atomic mass is 16.5. The number of hydrogen-bond acceptors (Lipinski definition) is 3. The molecule has 2 N–H and O–H groups in total. The molecule has 0 unspecified atom stereocenters. The molecule has 0 aliphatic rings. The van der Waals surface area contributed by atoms with Crippen LogP contribution in [0.4, 0.5) is 0 Å². The summed E-state index contributed by atoms with van der Waals surface area (Å²) < 4.78 is 5.24. The van der Waals surface area contributed by atoms with Gasteiger partial charge in [0.1, 0.15) is 0 Å². The predicted molar refractivity (Wildman–Crippen MR) is 87.4 cm³/mol. The maximum absolute atomic E-state index is 11.1. The first-order valence-corrected chi connectivity index (χ1v) is 7.22. The Balaban J connectivity index is 2.82. The van der Waals surface area contributed by atoms with Crippen molar-refractivity contribution in [3.05, 3.63) is 41.0 Å². The van der Waals surface area contributed by atoms with Crippen LogP contribution < -0.4 is 4.74 Å². The number of aryl methyl sites for hydroxylation is 1. The van der Waals surface area contributed by atoms with Gasteiger partial charge in [-0.3, -0.25) is 0 Å². The van der Waals surface area contributed by atoms with Gasteiger partial charge in [0, 0.05) is 11.0 Å². The van der Waals surface area contributed by atoms with Crippen LogP contribution in [0.2, 0.25) is 0 Å². The number of carboxylic acids is 1. The molecule has 0 saturated heterocycles. The molecule has 4 heteroatoms. The van der Waals surface area contributed by atoms with E-state index in [2.05, 4.69) is 6.92 Å². The summed E-state index contributed by atoms with van der Waals surface area (Å²) in [6, 6.07) is 7.45. The van der Waals surface area contributed by atoms with Crippen LogP contribution in [0, 0.1) is 0 Å². The van der Waals surface area contributed by atoms with E-state index in [1.54, 1.807) is 19.1 Å². The van der Waals surface area contributed by atoms with Crippen molar-refractivity contribution in [1.29, 1.82) is 0 Å². The maximum Gasteiger partial charge on any atom is 0.331 e. The second kappa shape index (κ2) is 6.52. The molecule has 2 aromatic carbocycles. The minimum absolute atomic E-state index is 0.103. The van der Waals surface area contributed by atoms with Crippen molar-refractivity contribution in [2.45, 2.75) is 26.7 Å². The lowest BCUT2D eigenvalue weighted by atomic mass is 9.95. The summed E-state index contributed by atoms with van der Waals surface area (Å²) in [5, 5.41) is 21.1. The number of aromatic hydroxyl groups is 1. The molecule has 0 amide bonds. The van der Waals surface area contributed by atoms with Gasteiger partial charge in [0.15, 0.2) is 11.5 Å². The molecule has 0 bridgehead atoms. The Bertz CT molecular complexity index is 744. The van der Waals surface area contributed by atoms with Crippen molar-refractivity contribution >= 4 is 22.8 Å². The lowest BCUT2D eigenvalue weighted by Crippen LogP contribution is -1.97. The number of rotatable bonds is 5. The monoisotopic (exact) mass is 300 g/mol. The first kappa shape index (κ1) is 15.9. The number of phenols is 1. The Morgan fingerprint density at radius 1 is 1.36 bits per heavy atom. The quantitative estimate of drug-likeness (QED) is 0.819. The number of carbonyl (C=O) groups is 1. The van der Waals surface area contributed by atoms with E-state index in [0.29, 0.717) is 5.75 Å². The number of methoxy groups -OCH3 is 1. The van der Waals surface area contributed by atoms with Gasteiger partial charge in [0.05, 0.1) is 7.11 Å². The Labute approximate surface area is 129 Å². The van der Waals surface area contributed by atoms with Crippen LogP contribution in [0.5, 0.6) is 11.5 Å². The summed E-state index contributed by atoms with van der Waals surface area (Å²) in [5.74, 6) is -0.517. The Kier molecular flexibility index (Phi) is 4.71. The maximum atomic E-state index is 11.1. The van der Waals surface area contributed by atoms with Crippen LogP contribution in [-0.2, 0) is 11.2 Å². The summed E-state index contributed by atoms with van der Waals surface area (Å²) >= 11 is 0.